The van der Waals surface area contributed by atoms with Gasteiger partial charge in [-0.2, -0.15) is 0 Å². The molecule has 0 radical (unpaired) electrons. The van der Waals surface area contributed by atoms with Crippen LogP contribution in [0.15, 0.2) is 0 Å². The van der Waals surface area contributed by atoms with E-state index in [2.05, 4.69) is 16.5 Å². The molecule has 2 heterocycles. The summed E-state index contributed by atoms with van der Waals surface area (Å²) in [6, 6.07) is 0. The van der Waals surface area contributed by atoms with Crippen LogP contribution in [0.25, 0.3) is 11.0 Å². The number of anilines is 1. The van der Waals surface area contributed by atoms with Crippen LogP contribution in [0.4, 0.5) is 5.82 Å². The third-order valence-electron chi connectivity index (χ3n) is 3.77. The average molecular weight is 290 g/mol. The minimum Gasteiger partial charge on any atom is -0.389 e. The number of nitrogens with zero attached hydrogens (tertiary/aromatic N) is 3. The Labute approximate surface area is 126 Å². The molecule has 0 bridgehead atoms. The average Bonchev–Trinajstić information content (AvgIpc) is 2.71. The van der Waals surface area contributed by atoms with E-state index in [4.69, 9.17) is 10.7 Å². The number of imidazole rings is 1. The summed E-state index contributed by atoms with van der Waals surface area (Å²) in [5.41, 5.74) is 9.02. The van der Waals surface area contributed by atoms with Crippen molar-refractivity contribution in [3.05, 3.63) is 17.1 Å². The van der Waals surface area contributed by atoms with Crippen molar-refractivity contribution in [3.8, 4) is 0 Å². The molecule has 0 unspecified atom stereocenters. The van der Waals surface area contributed by atoms with E-state index >= 15 is 0 Å². The fraction of sp³-hybridized carbons (Fsp3) is 0.625. The molecule has 0 saturated carbocycles. The summed E-state index contributed by atoms with van der Waals surface area (Å²) in [6.07, 6.45) is 3.07. The predicted molar refractivity (Wildman–Crippen MR) is 86.3 cm³/mol. The van der Waals surface area contributed by atoms with Crippen LogP contribution >= 0.6 is 0 Å². The molecule has 0 aliphatic rings. The second-order valence-electron chi connectivity index (χ2n) is 6.43. The Morgan fingerprint density at radius 2 is 1.90 bits per heavy atom. The van der Waals surface area contributed by atoms with Crippen LogP contribution in [0.2, 0.25) is 0 Å². The number of unbranched alkanes of at least 4 members (excludes halogenated alkanes) is 1. The first-order valence-electron chi connectivity index (χ1n) is 7.58. The Hall–Kier alpha value is -1.62. The standard InChI is InChI=1S/C16H26N4O/c1-6-7-8-12-19-13-14(20(12)9-16(4,5)21)10(2)11(3)18-15(13)17/h21H,6-9H2,1-5H3,(H2,17,18). The van der Waals surface area contributed by atoms with E-state index in [-0.39, 0.29) is 0 Å². The van der Waals surface area contributed by atoms with E-state index in [1.165, 1.54) is 0 Å². The van der Waals surface area contributed by atoms with Gasteiger partial charge in [0.1, 0.15) is 11.3 Å². The molecule has 0 saturated heterocycles. The van der Waals surface area contributed by atoms with E-state index in [0.29, 0.717) is 12.4 Å². The van der Waals surface area contributed by atoms with Gasteiger partial charge in [-0.05, 0) is 39.7 Å². The zero-order chi connectivity index (χ0) is 15.8. The van der Waals surface area contributed by atoms with Gasteiger partial charge in [0, 0.05) is 12.1 Å². The second-order valence-corrected chi connectivity index (χ2v) is 6.43. The first kappa shape index (κ1) is 15.8. The van der Waals surface area contributed by atoms with Gasteiger partial charge in [0.25, 0.3) is 0 Å². The third-order valence-corrected chi connectivity index (χ3v) is 3.77. The lowest BCUT2D eigenvalue weighted by Gasteiger charge is -2.21. The van der Waals surface area contributed by atoms with Gasteiger partial charge in [0.05, 0.1) is 17.7 Å². The van der Waals surface area contributed by atoms with Crippen LogP contribution in [0, 0.1) is 13.8 Å². The molecule has 5 nitrogen and oxygen atoms in total. The van der Waals surface area contributed by atoms with Gasteiger partial charge in [-0.1, -0.05) is 13.3 Å². The van der Waals surface area contributed by atoms with Gasteiger partial charge in [-0.25, -0.2) is 9.97 Å². The summed E-state index contributed by atoms with van der Waals surface area (Å²) in [5.74, 6) is 1.46. The van der Waals surface area contributed by atoms with Gasteiger partial charge in [-0.15, -0.1) is 0 Å². The first-order valence-corrected chi connectivity index (χ1v) is 7.58. The molecule has 2 rings (SSSR count). The number of fused-ring (bicyclic) bond motifs is 1. The maximum Gasteiger partial charge on any atom is 0.151 e. The normalized spacial score (nSPS) is 12.3. The summed E-state index contributed by atoms with van der Waals surface area (Å²) >= 11 is 0. The van der Waals surface area contributed by atoms with Crippen LogP contribution in [0.1, 0.15) is 50.7 Å². The van der Waals surface area contributed by atoms with Gasteiger partial charge in [0.15, 0.2) is 5.82 Å². The SMILES string of the molecule is CCCCc1nc2c(N)nc(C)c(C)c2n1CC(C)(C)O. The summed E-state index contributed by atoms with van der Waals surface area (Å²) in [6.45, 7) is 10.3. The summed E-state index contributed by atoms with van der Waals surface area (Å²) in [4.78, 5) is 9.07. The van der Waals surface area contributed by atoms with E-state index < -0.39 is 5.60 Å². The molecule has 2 aromatic heterocycles. The highest BCUT2D eigenvalue weighted by Crippen LogP contribution is 2.28. The Bertz CT molecular complexity index is 653. The number of hydrogen-bond donors (Lipinski definition) is 2. The number of aromatic nitrogens is 3. The predicted octanol–water partition coefficient (Wildman–Crippen LogP) is 2.74. The maximum absolute atomic E-state index is 10.2. The summed E-state index contributed by atoms with van der Waals surface area (Å²) in [5, 5.41) is 10.2. The van der Waals surface area contributed by atoms with Crippen LogP contribution in [-0.4, -0.2) is 25.2 Å². The van der Waals surface area contributed by atoms with Crippen LogP contribution in [-0.2, 0) is 13.0 Å². The van der Waals surface area contributed by atoms with E-state index in [1.54, 1.807) is 0 Å². The second kappa shape index (κ2) is 5.64. The Morgan fingerprint density at radius 1 is 1.24 bits per heavy atom. The van der Waals surface area contributed by atoms with Gasteiger partial charge >= 0.3 is 0 Å². The van der Waals surface area contributed by atoms with Gasteiger partial charge in [-0.3, -0.25) is 0 Å². The zero-order valence-electron chi connectivity index (χ0n) is 13.7. The van der Waals surface area contributed by atoms with Crippen LogP contribution in [0.5, 0.6) is 0 Å². The molecule has 21 heavy (non-hydrogen) atoms. The minimum absolute atomic E-state index is 0.473. The van der Waals surface area contributed by atoms with Crippen molar-refractivity contribution in [2.75, 3.05) is 5.73 Å². The van der Waals surface area contributed by atoms with Crippen molar-refractivity contribution in [1.82, 2.24) is 14.5 Å². The van der Waals surface area contributed by atoms with E-state index in [9.17, 15) is 5.11 Å². The highest BCUT2D eigenvalue weighted by Gasteiger charge is 2.22. The molecule has 116 valence electrons. The number of hydrogen-bond acceptors (Lipinski definition) is 4. The monoisotopic (exact) mass is 290 g/mol. The quantitative estimate of drug-likeness (QED) is 0.887. The van der Waals surface area contributed by atoms with Crippen molar-refractivity contribution in [3.63, 3.8) is 0 Å². The highest BCUT2D eigenvalue weighted by atomic mass is 16.3. The zero-order valence-corrected chi connectivity index (χ0v) is 13.7. The highest BCUT2D eigenvalue weighted by molar-refractivity contribution is 5.88. The molecule has 0 amide bonds. The molecule has 0 spiro atoms. The number of aryl methyl sites for hydroxylation is 3. The number of rotatable bonds is 5. The van der Waals surface area contributed by atoms with E-state index in [1.807, 2.05) is 27.7 Å². The Balaban J connectivity index is 2.69. The molecular weight excluding hydrogens is 264 g/mol. The smallest absolute Gasteiger partial charge is 0.151 e. The van der Waals surface area contributed by atoms with Crippen molar-refractivity contribution < 1.29 is 5.11 Å². The van der Waals surface area contributed by atoms with Crippen molar-refractivity contribution >= 4 is 16.9 Å². The Kier molecular flexibility index (Phi) is 4.23. The van der Waals surface area contributed by atoms with E-state index in [0.717, 1.165) is 47.4 Å². The molecule has 2 aromatic rings. The van der Waals surface area contributed by atoms with Crippen molar-refractivity contribution in [1.29, 1.82) is 0 Å². The van der Waals surface area contributed by atoms with Gasteiger partial charge in [0.2, 0.25) is 0 Å². The number of aliphatic hydroxyl groups is 1. The maximum atomic E-state index is 10.2. The molecule has 5 heteroatoms. The molecular formula is C16H26N4O. The lowest BCUT2D eigenvalue weighted by molar-refractivity contribution is 0.0617. The molecule has 0 aromatic carbocycles. The molecule has 0 fully saturated rings. The largest absolute Gasteiger partial charge is 0.389 e. The fourth-order valence-corrected chi connectivity index (χ4v) is 2.63. The fourth-order valence-electron chi connectivity index (χ4n) is 2.63. The van der Waals surface area contributed by atoms with Gasteiger partial charge < -0.3 is 15.4 Å². The lowest BCUT2D eigenvalue weighted by atomic mass is 10.1. The van der Waals surface area contributed by atoms with Crippen molar-refractivity contribution in [2.24, 2.45) is 0 Å². The minimum atomic E-state index is -0.799. The Morgan fingerprint density at radius 3 is 2.48 bits per heavy atom. The number of pyridine rings is 1. The number of nitrogens with two attached hydrogens (primary N) is 1. The van der Waals surface area contributed by atoms with Crippen molar-refractivity contribution in [2.45, 2.75) is 66.0 Å². The molecule has 3 N–H and O–H groups in total. The van der Waals surface area contributed by atoms with Crippen LogP contribution < -0.4 is 5.73 Å². The summed E-state index contributed by atoms with van der Waals surface area (Å²) in [7, 11) is 0. The third kappa shape index (κ3) is 3.18. The topological polar surface area (TPSA) is 77.0 Å². The first-order chi connectivity index (χ1) is 9.74. The molecule has 0 aliphatic carbocycles. The molecule has 0 aliphatic heterocycles. The number of nitrogen functional groups attached to an aromatic ring is 1. The van der Waals surface area contributed by atoms with Crippen LogP contribution in [0.3, 0.4) is 0 Å². The summed E-state index contributed by atoms with van der Waals surface area (Å²) < 4.78 is 2.12. The molecule has 0 atom stereocenters. The lowest BCUT2D eigenvalue weighted by Crippen LogP contribution is -2.27.